The van der Waals surface area contributed by atoms with Gasteiger partial charge in [0.05, 0.1) is 25.9 Å². The van der Waals surface area contributed by atoms with Crippen molar-refractivity contribution in [3.63, 3.8) is 0 Å². The summed E-state index contributed by atoms with van der Waals surface area (Å²) in [5.41, 5.74) is 0.835. The SMILES string of the molecule is COc1cc(O[Si](C(C)C)(C(C)C)C(C)C)cc(OC)c1CC(O)C(C)(C)O. The van der Waals surface area contributed by atoms with E-state index in [4.69, 9.17) is 13.9 Å². The monoisotopic (exact) mass is 412 g/mol. The first-order chi connectivity index (χ1) is 12.8. The molecule has 162 valence electrons. The standard InChI is InChI=1S/C22H40O5Si/c1-14(2)28(15(3)4,16(5)6)27-17-11-19(25-9)18(20(12-17)26-10)13-21(23)22(7,8)24/h11-12,14-16,21,23-24H,13H2,1-10H3. The van der Waals surface area contributed by atoms with Crippen molar-refractivity contribution in [1.82, 2.24) is 0 Å². The smallest absolute Gasteiger partial charge is 0.258 e. The molecule has 0 spiro atoms. The van der Waals surface area contributed by atoms with Crippen LogP contribution < -0.4 is 13.9 Å². The first-order valence-electron chi connectivity index (χ1n) is 10.2. The van der Waals surface area contributed by atoms with E-state index in [1.165, 1.54) is 0 Å². The van der Waals surface area contributed by atoms with Gasteiger partial charge in [0.15, 0.2) is 0 Å². The fraction of sp³-hybridized carbons (Fsp3) is 0.727. The minimum Gasteiger partial charge on any atom is -0.543 e. The Morgan fingerprint density at radius 3 is 1.57 bits per heavy atom. The number of rotatable bonds is 10. The quantitative estimate of drug-likeness (QED) is 0.533. The predicted molar refractivity (Wildman–Crippen MR) is 117 cm³/mol. The number of aliphatic hydroxyl groups excluding tert-OH is 1. The minimum absolute atomic E-state index is 0.219. The Morgan fingerprint density at radius 1 is 0.893 bits per heavy atom. The highest BCUT2D eigenvalue weighted by Gasteiger charge is 2.47. The van der Waals surface area contributed by atoms with Gasteiger partial charge in [-0.25, -0.2) is 0 Å². The molecule has 0 fully saturated rings. The highest BCUT2D eigenvalue weighted by atomic mass is 28.4. The molecule has 0 saturated carbocycles. The largest absolute Gasteiger partial charge is 0.543 e. The molecule has 1 aromatic rings. The second kappa shape index (κ2) is 9.50. The zero-order chi connectivity index (χ0) is 21.9. The third-order valence-electron chi connectivity index (χ3n) is 5.80. The molecule has 0 amide bonds. The van der Waals surface area contributed by atoms with E-state index in [-0.39, 0.29) is 6.42 Å². The van der Waals surface area contributed by atoms with E-state index in [1.807, 2.05) is 12.1 Å². The Bertz CT molecular complexity index is 588. The van der Waals surface area contributed by atoms with Crippen LogP contribution in [0.25, 0.3) is 0 Å². The molecule has 2 N–H and O–H groups in total. The summed E-state index contributed by atoms with van der Waals surface area (Å²) in [6, 6.07) is 3.76. The van der Waals surface area contributed by atoms with Crippen molar-refractivity contribution in [3.8, 4) is 17.2 Å². The fourth-order valence-corrected chi connectivity index (χ4v) is 9.45. The van der Waals surface area contributed by atoms with Gasteiger partial charge in [0.2, 0.25) is 0 Å². The summed E-state index contributed by atoms with van der Waals surface area (Å²) < 4.78 is 18.0. The van der Waals surface area contributed by atoms with Crippen LogP contribution in [0.3, 0.4) is 0 Å². The summed E-state index contributed by atoms with van der Waals surface area (Å²) in [6.45, 7) is 16.6. The second-order valence-electron chi connectivity index (χ2n) is 9.10. The molecule has 0 bridgehead atoms. The average Bonchev–Trinajstić information content (AvgIpc) is 2.58. The van der Waals surface area contributed by atoms with Crippen LogP contribution in [0, 0.1) is 0 Å². The lowest BCUT2D eigenvalue weighted by Crippen LogP contribution is -2.50. The molecule has 0 aliphatic heterocycles. The van der Waals surface area contributed by atoms with Crippen molar-refractivity contribution in [3.05, 3.63) is 17.7 Å². The number of hydrogen-bond donors (Lipinski definition) is 2. The van der Waals surface area contributed by atoms with Crippen LogP contribution >= 0.6 is 0 Å². The number of aliphatic hydroxyl groups is 2. The highest BCUT2D eigenvalue weighted by molar-refractivity contribution is 6.78. The normalized spacial score (nSPS) is 14.0. The maximum Gasteiger partial charge on any atom is 0.258 e. The van der Waals surface area contributed by atoms with Crippen LogP contribution in [0.5, 0.6) is 17.2 Å². The lowest BCUT2D eigenvalue weighted by atomic mass is 9.94. The van der Waals surface area contributed by atoms with E-state index >= 15 is 0 Å². The molecule has 28 heavy (non-hydrogen) atoms. The van der Waals surface area contributed by atoms with Crippen molar-refractivity contribution < 1.29 is 24.1 Å². The average molecular weight is 413 g/mol. The van der Waals surface area contributed by atoms with Crippen molar-refractivity contribution in [1.29, 1.82) is 0 Å². The van der Waals surface area contributed by atoms with Gasteiger partial charge in [-0.2, -0.15) is 0 Å². The van der Waals surface area contributed by atoms with Gasteiger partial charge in [-0.05, 0) is 30.5 Å². The summed E-state index contributed by atoms with van der Waals surface area (Å²) in [5, 5.41) is 20.5. The van der Waals surface area contributed by atoms with Gasteiger partial charge in [-0.1, -0.05) is 41.5 Å². The van der Waals surface area contributed by atoms with Crippen LogP contribution in [0.1, 0.15) is 61.0 Å². The number of benzene rings is 1. The van der Waals surface area contributed by atoms with Crippen LogP contribution in [0.15, 0.2) is 12.1 Å². The maximum absolute atomic E-state index is 10.4. The van der Waals surface area contributed by atoms with E-state index < -0.39 is 20.0 Å². The molecule has 0 radical (unpaired) electrons. The van der Waals surface area contributed by atoms with Gasteiger partial charge in [0, 0.05) is 24.1 Å². The molecule has 1 atom stereocenters. The topological polar surface area (TPSA) is 68.2 Å². The van der Waals surface area contributed by atoms with Gasteiger partial charge >= 0.3 is 0 Å². The summed E-state index contributed by atoms with van der Waals surface area (Å²) in [6.07, 6.45) is -0.727. The number of ether oxygens (including phenoxy) is 2. The van der Waals surface area contributed by atoms with Crippen LogP contribution in [0.2, 0.25) is 16.6 Å². The van der Waals surface area contributed by atoms with E-state index in [9.17, 15) is 10.2 Å². The van der Waals surface area contributed by atoms with E-state index in [0.717, 1.165) is 11.3 Å². The Kier molecular flexibility index (Phi) is 8.42. The first kappa shape index (κ1) is 24.8. The molecule has 1 rings (SSSR count). The van der Waals surface area contributed by atoms with Crippen molar-refractivity contribution in [2.75, 3.05) is 14.2 Å². The summed E-state index contributed by atoms with van der Waals surface area (Å²) in [5.74, 6) is 1.92. The zero-order valence-electron chi connectivity index (χ0n) is 19.3. The van der Waals surface area contributed by atoms with Gasteiger partial charge < -0.3 is 24.1 Å². The molecule has 0 aliphatic carbocycles. The molecule has 5 nitrogen and oxygen atoms in total. The maximum atomic E-state index is 10.4. The fourth-order valence-electron chi connectivity index (χ4n) is 4.22. The third-order valence-corrected chi connectivity index (χ3v) is 11.8. The molecule has 1 aromatic carbocycles. The third kappa shape index (κ3) is 5.22. The molecule has 0 aromatic heterocycles. The number of methoxy groups -OCH3 is 2. The predicted octanol–water partition coefficient (Wildman–Crippen LogP) is 4.93. The molecule has 6 heteroatoms. The second-order valence-corrected chi connectivity index (χ2v) is 14.5. The van der Waals surface area contributed by atoms with Gasteiger partial charge in [-0.3, -0.25) is 0 Å². The summed E-state index contributed by atoms with van der Waals surface area (Å²) in [4.78, 5) is 0. The molecule has 0 saturated heterocycles. The Hall–Kier alpha value is -1.24. The molecular weight excluding hydrogens is 372 g/mol. The van der Waals surface area contributed by atoms with E-state index in [2.05, 4.69) is 41.5 Å². The van der Waals surface area contributed by atoms with E-state index in [1.54, 1.807) is 28.1 Å². The Labute approximate surface area is 172 Å². The van der Waals surface area contributed by atoms with Crippen LogP contribution in [0.4, 0.5) is 0 Å². The highest BCUT2D eigenvalue weighted by Crippen LogP contribution is 2.45. The Balaban J connectivity index is 3.44. The van der Waals surface area contributed by atoms with Crippen LogP contribution in [-0.4, -0.2) is 44.5 Å². The van der Waals surface area contributed by atoms with Crippen molar-refractivity contribution >= 4 is 8.32 Å². The summed E-state index contributed by atoms with van der Waals surface area (Å²) >= 11 is 0. The Morgan fingerprint density at radius 2 is 1.29 bits per heavy atom. The van der Waals surface area contributed by atoms with Crippen molar-refractivity contribution in [2.24, 2.45) is 0 Å². The van der Waals surface area contributed by atoms with Crippen molar-refractivity contribution in [2.45, 2.75) is 90.1 Å². The zero-order valence-corrected chi connectivity index (χ0v) is 20.3. The van der Waals surface area contributed by atoms with Crippen LogP contribution in [-0.2, 0) is 6.42 Å². The molecule has 0 heterocycles. The molecule has 0 aliphatic rings. The van der Waals surface area contributed by atoms with Gasteiger partial charge in [0.1, 0.15) is 17.2 Å². The van der Waals surface area contributed by atoms with E-state index in [0.29, 0.717) is 28.1 Å². The lowest BCUT2D eigenvalue weighted by molar-refractivity contribution is -0.0473. The molecular formula is C22H40O5Si. The van der Waals surface area contributed by atoms with Gasteiger partial charge in [-0.15, -0.1) is 0 Å². The molecule has 1 unspecified atom stereocenters. The first-order valence-corrected chi connectivity index (χ1v) is 12.3. The minimum atomic E-state index is -2.12. The number of hydrogen-bond acceptors (Lipinski definition) is 5. The van der Waals surface area contributed by atoms with Gasteiger partial charge in [0.25, 0.3) is 8.32 Å². The lowest BCUT2D eigenvalue weighted by Gasteiger charge is -2.42. The summed E-state index contributed by atoms with van der Waals surface area (Å²) in [7, 11) is 1.07.